The maximum atomic E-state index is 12.4. The van der Waals surface area contributed by atoms with Crippen molar-refractivity contribution in [3.63, 3.8) is 0 Å². The summed E-state index contributed by atoms with van der Waals surface area (Å²) in [5.41, 5.74) is 18.3. The molecule has 1 aliphatic heterocycles. The first-order chi connectivity index (χ1) is 20.6. The lowest BCUT2D eigenvalue weighted by Crippen LogP contribution is -2.50. The molecule has 12 nitrogen and oxygen atoms in total. The van der Waals surface area contributed by atoms with E-state index in [0.717, 1.165) is 63.2 Å². The third kappa shape index (κ3) is 13.9. The highest BCUT2D eigenvalue weighted by Crippen LogP contribution is 2.19. The normalized spacial score (nSPS) is 16.0. The first kappa shape index (κ1) is 36.7. The standard InChI is InChI=1S/C19H28N6O.C13H28N4O/c1-19(2,3)17-24-12-15(16(26)25-17)14-7-5-13(6-8-14)11-22-9-4-10-23-18(20)21;1-10(7-14)8-17-6-5-11(9-17)15-12(18)16-13(2,3)4/h5-8,12,22H,4,9-11H2,1-3H3,(H4,20,21,23)(H,24,25,26);10-11H,5-9,14H2,1-4H3,(H2,15,16,18)/t;10-,11+/m.0/s1. The molecule has 2 aromatic rings. The van der Waals surface area contributed by atoms with Crippen LogP contribution in [0.3, 0.4) is 0 Å². The van der Waals surface area contributed by atoms with Gasteiger partial charge < -0.3 is 43.0 Å². The summed E-state index contributed by atoms with van der Waals surface area (Å²) in [4.78, 5) is 37.7. The van der Waals surface area contributed by atoms with Gasteiger partial charge in [0.15, 0.2) is 5.96 Å². The number of carbonyl (C=O) groups is 1. The highest BCUT2D eigenvalue weighted by Gasteiger charge is 2.25. The summed E-state index contributed by atoms with van der Waals surface area (Å²) in [6.45, 7) is 20.1. The van der Waals surface area contributed by atoms with Gasteiger partial charge in [-0.2, -0.15) is 0 Å². The van der Waals surface area contributed by atoms with E-state index in [4.69, 9.17) is 17.2 Å². The molecule has 2 atom stereocenters. The fraction of sp³-hybridized carbons (Fsp3) is 0.625. The van der Waals surface area contributed by atoms with Crippen LogP contribution in [-0.2, 0) is 12.0 Å². The maximum absolute atomic E-state index is 12.4. The van der Waals surface area contributed by atoms with Gasteiger partial charge in [-0.05, 0) is 63.7 Å². The molecule has 0 saturated carbocycles. The maximum Gasteiger partial charge on any atom is 0.315 e. The molecule has 1 aromatic carbocycles. The fourth-order valence-corrected chi connectivity index (χ4v) is 4.62. The molecule has 3 rings (SSSR count). The molecule has 0 spiro atoms. The summed E-state index contributed by atoms with van der Waals surface area (Å²) >= 11 is 0. The number of nitrogens with zero attached hydrogens (tertiary/aromatic N) is 3. The zero-order chi connectivity index (χ0) is 32.9. The van der Waals surface area contributed by atoms with Crippen molar-refractivity contribution < 1.29 is 4.79 Å². The number of nitrogens with one attached hydrogen (secondary N) is 4. The van der Waals surface area contributed by atoms with Crippen LogP contribution < -0.4 is 38.7 Å². The number of urea groups is 1. The van der Waals surface area contributed by atoms with Crippen molar-refractivity contribution in [3.8, 4) is 11.1 Å². The second-order valence-corrected chi connectivity index (χ2v) is 13.7. The summed E-state index contributed by atoms with van der Waals surface area (Å²) < 4.78 is 0. The largest absolute Gasteiger partial charge is 0.370 e. The second kappa shape index (κ2) is 17.1. The van der Waals surface area contributed by atoms with Crippen molar-refractivity contribution >= 4 is 12.0 Å². The summed E-state index contributed by atoms with van der Waals surface area (Å²) in [6.07, 6.45) is 3.54. The van der Waals surface area contributed by atoms with Gasteiger partial charge in [0, 0.05) is 55.9 Å². The van der Waals surface area contributed by atoms with Crippen LogP contribution in [0, 0.1) is 5.92 Å². The predicted molar refractivity (Wildman–Crippen MR) is 180 cm³/mol. The van der Waals surface area contributed by atoms with Crippen LogP contribution in [-0.4, -0.2) is 77.7 Å². The molecule has 1 saturated heterocycles. The number of aromatic nitrogens is 2. The minimum absolute atomic E-state index is 0.0683. The molecule has 1 aliphatic rings. The highest BCUT2D eigenvalue weighted by atomic mass is 16.2. The number of hydrogen-bond acceptors (Lipinski definition) is 7. The van der Waals surface area contributed by atoms with Gasteiger partial charge in [-0.15, -0.1) is 0 Å². The number of carbonyl (C=O) groups excluding carboxylic acids is 1. The number of amides is 2. The number of guanidine groups is 1. The SMILES string of the molecule is CC(C)(C)c1ncc(-c2ccc(CNCCCN=C(N)N)cc2)c(=O)[nH]1.C[C@@H](CN)CN1CC[C@@H](NC(=O)NC(C)(C)C)C1. The number of nitrogens with two attached hydrogens (primary N) is 3. The molecule has 2 amide bonds. The van der Waals surface area contributed by atoms with E-state index < -0.39 is 0 Å². The van der Waals surface area contributed by atoms with Gasteiger partial charge in [-0.1, -0.05) is 52.0 Å². The first-order valence-electron chi connectivity index (χ1n) is 15.5. The molecule has 12 heteroatoms. The lowest BCUT2D eigenvalue weighted by atomic mass is 9.95. The van der Waals surface area contributed by atoms with E-state index in [9.17, 15) is 9.59 Å². The average Bonchev–Trinajstić information content (AvgIpc) is 3.35. The molecule has 0 bridgehead atoms. The number of H-pyrrole nitrogens is 1. The smallest absolute Gasteiger partial charge is 0.315 e. The second-order valence-electron chi connectivity index (χ2n) is 13.7. The Balaban J connectivity index is 0.000000329. The molecule has 1 fully saturated rings. The number of likely N-dealkylation sites (tertiary alicyclic amines) is 1. The van der Waals surface area contributed by atoms with Crippen LogP contribution in [0.25, 0.3) is 11.1 Å². The average molecular weight is 613 g/mol. The van der Waals surface area contributed by atoms with Crippen molar-refractivity contribution in [2.45, 2.75) is 84.8 Å². The highest BCUT2D eigenvalue weighted by molar-refractivity contribution is 5.75. The summed E-state index contributed by atoms with van der Waals surface area (Å²) in [7, 11) is 0. The fourth-order valence-electron chi connectivity index (χ4n) is 4.62. The molecule has 44 heavy (non-hydrogen) atoms. The van der Waals surface area contributed by atoms with Crippen molar-refractivity contribution in [1.29, 1.82) is 0 Å². The summed E-state index contributed by atoms with van der Waals surface area (Å²) in [5, 5.41) is 9.30. The molecular weight excluding hydrogens is 556 g/mol. The van der Waals surface area contributed by atoms with Crippen LogP contribution >= 0.6 is 0 Å². The number of rotatable bonds is 11. The van der Waals surface area contributed by atoms with E-state index in [1.807, 2.05) is 65.8 Å². The Kier molecular flexibility index (Phi) is 14.3. The van der Waals surface area contributed by atoms with E-state index in [2.05, 4.69) is 42.7 Å². The molecule has 1 aromatic heterocycles. The molecule has 2 heterocycles. The van der Waals surface area contributed by atoms with Crippen LogP contribution in [0.2, 0.25) is 0 Å². The molecule has 0 radical (unpaired) electrons. The van der Waals surface area contributed by atoms with Gasteiger partial charge in [-0.25, -0.2) is 9.78 Å². The van der Waals surface area contributed by atoms with Crippen molar-refractivity contribution in [2.75, 3.05) is 39.3 Å². The van der Waals surface area contributed by atoms with Gasteiger partial charge in [-0.3, -0.25) is 9.79 Å². The van der Waals surface area contributed by atoms with Gasteiger partial charge in [0.2, 0.25) is 0 Å². The predicted octanol–water partition coefficient (Wildman–Crippen LogP) is 2.24. The lowest BCUT2D eigenvalue weighted by Gasteiger charge is -2.23. The van der Waals surface area contributed by atoms with Gasteiger partial charge in [0.1, 0.15) is 5.82 Å². The van der Waals surface area contributed by atoms with E-state index >= 15 is 0 Å². The number of hydrogen-bond donors (Lipinski definition) is 7. The van der Waals surface area contributed by atoms with Gasteiger partial charge in [0.25, 0.3) is 5.56 Å². The van der Waals surface area contributed by atoms with E-state index in [1.165, 1.54) is 0 Å². The van der Waals surface area contributed by atoms with Crippen LogP contribution in [0.1, 0.15) is 72.7 Å². The van der Waals surface area contributed by atoms with Crippen molar-refractivity contribution in [3.05, 3.63) is 52.2 Å². The summed E-state index contributed by atoms with van der Waals surface area (Å²) in [6, 6.07) is 8.10. The number of benzene rings is 1. The third-order valence-corrected chi connectivity index (χ3v) is 6.98. The monoisotopic (exact) mass is 612 g/mol. The molecular formula is C32H56N10O2. The van der Waals surface area contributed by atoms with Crippen molar-refractivity contribution in [2.24, 2.45) is 28.1 Å². The third-order valence-electron chi connectivity index (χ3n) is 6.98. The van der Waals surface area contributed by atoms with E-state index in [0.29, 0.717) is 23.9 Å². The Labute approximate surface area is 263 Å². The number of aromatic amines is 1. The lowest BCUT2D eigenvalue weighted by molar-refractivity contribution is 0.226. The van der Waals surface area contributed by atoms with E-state index in [-0.39, 0.29) is 34.5 Å². The molecule has 0 unspecified atom stereocenters. The minimum Gasteiger partial charge on any atom is -0.370 e. The molecule has 246 valence electrons. The zero-order valence-corrected chi connectivity index (χ0v) is 27.8. The Morgan fingerprint density at radius 2 is 1.84 bits per heavy atom. The Morgan fingerprint density at radius 1 is 1.16 bits per heavy atom. The van der Waals surface area contributed by atoms with Crippen LogP contribution in [0.15, 0.2) is 40.2 Å². The van der Waals surface area contributed by atoms with E-state index in [1.54, 1.807) is 6.20 Å². The van der Waals surface area contributed by atoms with Crippen LogP contribution in [0.4, 0.5) is 4.79 Å². The van der Waals surface area contributed by atoms with Crippen molar-refractivity contribution in [1.82, 2.24) is 30.8 Å². The Bertz CT molecular complexity index is 1240. The minimum atomic E-state index is -0.186. The van der Waals surface area contributed by atoms with Gasteiger partial charge in [0.05, 0.1) is 5.56 Å². The quantitative estimate of drug-likeness (QED) is 0.114. The van der Waals surface area contributed by atoms with Gasteiger partial charge >= 0.3 is 6.03 Å². The Morgan fingerprint density at radius 3 is 2.41 bits per heavy atom. The van der Waals surface area contributed by atoms with Crippen LogP contribution in [0.5, 0.6) is 0 Å². The zero-order valence-electron chi connectivity index (χ0n) is 27.8. The number of aliphatic imine (C=N–C) groups is 1. The summed E-state index contributed by atoms with van der Waals surface area (Å²) in [5.74, 6) is 1.33. The molecule has 10 N–H and O–H groups in total. The topological polar surface area (TPSA) is 193 Å². The Hall–Kier alpha value is -3.48. The first-order valence-corrected chi connectivity index (χ1v) is 15.5. The molecule has 0 aliphatic carbocycles.